The normalized spacial score (nSPS) is 11.6. The Morgan fingerprint density at radius 2 is 2.03 bits per heavy atom. The van der Waals surface area contributed by atoms with Crippen LogP contribution in [-0.4, -0.2) is 27.3 Å². The van der Waals surface area contributed by atoms with Crippen LogP contribution in [-0.2, 0) is 19.6 Å². The summed E-state index contributed by atoms with van der Waals surface area (Å²) in [5.41, 5.74) is 3.22. The largest absolute Gasteiger partial charge is 0.443 e. The Morgan fingerprint density at radius 3 is 2.80 bits per heavy atom. The van der Waals surface area contributed by atoms with Gasteiger partial charge in [-0.3, -0.25) is 4.68 Å². The van der Waals surface area contributed by atoms with Crippen molar-refractivity contribution >= 4 is 17.3 Å². The van der Waals surface area contributed by atoms with Gasteiger partial charge in [-0.25, -0.2) is 9.98 Å². The van der Waals surface area contributed by atoms with E-state index in [0.29, 0.717) is 19.0 Å². The van der Waals surface area contributed by atoms with Crippen LogP contribution >= 0.6 is 11.3 Å². The summed E-state index contributed by atoms with van der Waals surface area (Å²) in [6, 6.07) is 14.2. The first-order chi connectivity index (χ1) is 14.8. The number of hydrogen-bond acceptors (Lipinski definition) is 5. The summed E-state index contributed by atoms with van der Waals surface area (Å²) in [6.45, 7) is 4.67. The van der Waals surface area contributed by atoms with Crippen molar-refractivity contribution in [2.45, 2.75) is 26.6 Å². The summed E-state index contributed by atoms with van der Waals surface area (Å²) in [6.07, 6.45) is 5.45. The topological polar surface area (TPSA) is 80.3 Å². The molecule has 0 saturated heterocycles. The van der Waals surface area contributed by atoms with Crippen LogP contribution in [0.25, 0.3) is 10.8 Å². The Balaban J connectivity index is 1.41. The fraction of sp³-hybridized carbons (Fsp3) is 0.227. The molecule has 4 aromatic rings. The fourth-order valence-electron chi connectivity index (χ4n) is 3.02. The number of aliphatic imine (C=N–C) groups is 1. The second-order valence-corrected chi connectivity index (χ2v) is 7.59. The van der Waals surface area contributed by atoms with E-state index in [9.17, 15) is 0 Å². The van der Waals surface area contributed by atoms with Crippen LogP contribution in [0.15, 0.2) is 75.9 Å². The van der Waals surface area contributed by atoms with E-state index in [0.717, 1.165) is 29.6 Å². The molecule has 0 unspecified atom stereocenters. The lowest BCUT2D eigenvalue weighted by molar-refractivity contribution is 0.573. The standard InChI is InChI=1S/C22H24N6OS/c1-2-23-22(25-14-19-16-29-21(27-19)20-9-5-12-30-20)24-13-17-7-3-4-8-18(17)15-28-11-6-10-26-28/h3-12,16H,2,13-15H2,1H3,(H2,23,24,25). The van der Waals surface area contributed by atoms with Gasteiger partial charge in [0, 0.05) is 18.9 Å². The Kier molecular flexibility index (Phi) is 6.56. The minimum absolute atomic E-state index is 0.537. The summed E-state index contributed by atoms with van der Waals surface area (Å²) < 4.78 is 7.51. The van der Waals surface area contributed by atoms with Crippen molar-refractivity contribution in [1.82, 2.24) is 25.4 Å². The summed E-state index contributed by atoms with van der Waals surface area (Å²) >= 11 is 1.61. The number of hydrogen-bond donors (Lipinski definition) is 2. The molecule has 7 nitrogen and oxygen atoms in total. The van der Waals surface area contributed by atoms with E-state index in [1.165, 1.54) is 11.1 Å². The molecule has 30 heavy (non-hydrogen) atoms. The average molecular weight is 421 g/mol. The molecule has 0 aliphatic carbocycles. The monoisotopic (exact) mass is 420 g/mol. The third-order valence-electron chi connectivity index (χ3n) is 4.48. The number of nitrogens with zero attached hydrogens (tertiary/aromatic N) is 4. The van der Waals surface area contributed by atoms with Crippen molar-refractivity contribution in [3.63, 3.8) is 0 Å². The number of aromatic nitrogens is 3. The van der Waals surface area contributed by atoms with E-state index in [-0.39, 0.29) is 0 Å². The lowest BCUT2D eigenvalue weighted by Gasteiger charge is -2.12. The molecule has 0 saturated carbocycles. The second kappa shape index (κ2) is 9.89. The molecular weight excluding hydrogens is 396 g/mol. The van der Waals surface area contributed by atoms with Crippen LogP contribution in [0.5, 0.6) is 0 Å². The first-order valence-corrected chi connectivity index (χ1v) is 10.7. The maximum Gasteiger partial charge on any atom is 0.236 e. The smallest absolute Gasteiger partial charge is 0.236 e. The third kappa shape index (κ3) is 5.15. The zero-order valence-electron chi connectivity index (χ0n) is 16.8. The maximum atomic E-state index is 5.59. The van der Waals surface area contributed by atoms with Crippen LogP contribution in [0.3, 0.4) is 0 Å². The molecular formula is C22H24N6OS. The first-order valence-electron chi connectivity index (χ1n) is 9.86. The highest BCUT2D eigenvalue weighted by atomic mass is 32.1. The summed E-state index contributed by atoms with van der Waals surface area (Å²) in [4.78, 5) is 10.3. The molecule has 3 aromatic heterocycles. The second-order valence-electron chi connectivity index (χ2n) is 6.64. The van der Waals surface area contributed by atoms with E-state index >= 15 is 0 Å². The van der Waals surface area contributed by atoms with E-state index in [4.69, 9.17) is 9.41 Å². The molecule has 0 spiro atoms. The molecule has 0 fully saturated rings. The molecule has 154 valence electrons. The fourth-order valence-corrected chi connectivity index (χ4v) is 3.67. The van der Waals surface area contributed by atoms with Gasteiger partial charge < -0.3 is 15.1 Å². The molecule has 0 radical (unpaired) electrons. The van der Waals surface area contributed by atoms with Crippen molar-refractivity contribution in [3.8, 4) is 10.8 Å². The lowest BCUT2D eigenvalue weighted by Crippen LogP contribution is -2.36. The van der Waals surface area contributed by atoms with Crippen molar-refractivity contribution in [3.05, 3.63) is 83.3 Å². The van der Waals surface area contributed by atoms with Gasteiger partial charge in [-0.15, -0.1) is 11.3 Å². The van der Waals surface area contributed by atoms with E-state index < -0.39 is 0 Å². The van der Waals surface area contributed by atoms with Gasteiger partial charge >= 0.3 is 0 Å². The highest BCUT2D eigenvalue weighted by molar-refractivity contribution is 7.13. The van der Waals surface area contributed by atoms with Gasteiger partial charge in [-0.1, -0.05) is 30.3 Å². The maximum absolute atomic E-state index is 5.59. The van der Waals surface area contributed by atoms with E-state index in [2.05, 4.69) is 32.8 Å². The van der Waals surface area contributed by atoms with Gasteiger partial charge in [-0.2, -0.15) is 5.10 Å². The molecule has 2 N–H and O–H groups in total. The Hall–Kier alpha value is -3.39. The van der Waals surface area contributed by atoms with Crippen LogP contribution < -0.4 is 10.6 Å². The van der Waals surface area contributed by atoms with Crippen molar-refractivity contribution < 1.29 is 4.42 Å². The molecule has 4 rings (SSSR count). The van der Waals surface area contributed by atoms with Gasteiger partial charge in [0.15, 0.2) is 5.96 Å². The minimum Gasteiger partial charge on any atom is -0.443 e. The van der Waals surface area contributed by atoms with Gasteiger partial charge in [-0.05, 0) is 35.6 Å². The minimum atomic E-state index is 0.537. The predicted molar refractivity (Wildman–Crippen MR) is 119 cm³/mol. The molecule has 0 atom stereocenters. The highest BCUT2D eigenvalue weighted by Crippen LogP contribution is 2.23. The molecule has 0 bridgehead atoms. The zero-order chi connectivity index (χ0) is 20.6. The third-order valence-corrected chi connectivity index (χ3v) is 5.34. The van der Waals surface area contributed by atoms with Gasteiger partial charge in [0.2, 0.25) is 5.89 Å². The molecule has 0 aliphatic heterocycles. The van der Waals surface area contributed by atoms with Gasteiger partial charge in [0.25, 0.3) is 0 Å². The summed E-state index contributed by atoms with van der Waals surface area (Å²) in [5, 5.41) is 12.9. The van der Waals surface area contributed by atoms with Gasteiger partial charge in [0.1, 0.15) is 6.26 Å². The number of thiophene rings is 1. The Labute approximate surface area is 179 Å². The van der Waals surface area contributed by atoms with Crippen LogP contribution in [0.2, 0.25) is 0 Å². The Morgan fingerprint density at radius 1 is 1.13 bits per heavy atom. The SMILES string of the molecule is CCNC(=NCc1ccccc1Cn1cccn1)NCc1coc(-c2cccs2)n1. The van der Waals surface area contributed by atoms with Crippen molar-refractivity contribution in [2.75, 3.05) is 6.54 Å². The molecule has 3 heterocycles. The molecule has 0 amide bonds. The number of guanidine groups is 1. The van der Waals surface area contributed by atoms with Crippen LogP contribution in [0, 0.1) is 0 Å². The molecule has 0 aliphatic rings. The number of oxazole rings is 1. The zero-order valence-corrected chi connectivity index (χ0v) is 17.6. The first kappa shape index (κ1) is 19.9. The highest BCUT2D eigenvalue weighted by Gasteiger charge is 2.08. The quantitative estimate of drug-likeness (QED) is 0.334. The van der Waals surface area contributed by atoms with Gasteiger partial charge in [0.05, 0.1) is 30.2 Å². The number of benzene rings is 1. The number of nitrogens with one attached hydrogen (secondary N) is 2. The summed E-state index contributed by atoms with van der Waals surface area (Å²) in [5.74, 6) is 1.39. The van der Waals surface area contributed by atoms with Crippen molar-refractivity contribution in [1.29, 1.82) is 0 Å². The van der Waals surface area contributed by atoms with E-state index in [1.807, 2.05) is 53.5 Å². The molecule has 1 aromatic carbocycles. The number of rotatable bonds is 8. The van der Waals surface area contributed by atoms with Crippen LogP contribution in [0.1, 0.15) is 23.7 Å². The van der Waals surface area contributed by atoms with Crippen LogP contribution in [0.4, 0.5) is 0 Å². The van der Waals surface area contributed by atoms with E-state index in [1.54, 1.807) is 23.8 Å². The molecule has 8 heteroatoms. The predicted octanol–water partition coefficient (Wildman–Crippen LogP) is 3.90. The van der Waals surface area contributed by atoms with Crippen molar-refractivity contribution in [2.24, 2.45) is 4.99 Å². The summed E-state index contributed by atoms with van der Waals surface area (Å²) in [7, 11) is 0. The average Bonchev–Trinajstić information content (AvgIpc) is 3.53. The lowest BCUT2D eigenvalue weighted by atomic mass is 10.1. The Bertz CT molecular complexity index is 1070.